The number of benzene rings is 1. The van der Waals surface area contributed by atoms with Crippen molar-refractivity contribution in [2.75, 3.05) is 18.6 Å². The smallest absolute Gasteiger partial charge is 0.353 e. The first kappa shape index (κ1) is 16.7. The maximum absolute atomic E-state index is 13.0. The molecule has 0 spiro atoms. The second-order valence-electron chi connectivity index (χ2n) is 6.69. The Morgan fingerprint density at radius 1 is 1.32 bits per heavy atom. The summed E-state index contributed by atoms with van der Waals surface area (Å²) in [7, 11) is 1.52. The molecule has 25 heavy (non-hydrogen) atoms. The van der Waals surface area contributed by atoms with E-state index in [2.05, 4.69) is 0 Å². The van der Waals surface area contributed by atoms with Crippen LogP contribution in [0, 0.1) is 5.92 Å². The summed E-state index contributed by atoms with van der Waals surface area (Å²) in [6.45, 7) is 0.0687. The van der Waals surface area contributed by atoms with Crippen molar-refractivity contribution >= 4 is 46.7 Å². The Balaban J connectivity index is 1.70. The molecule has 1 saturated carbocycles. The lowest BCUT2D eigenvalue weighted by Gasteiger charge is -2.46. The number of fused-ring (bicyclic) bond motifs is 3. The molecule has 1 aromatic carbocycles. The Morgan fingerprint density at radius 3 is 2.68 bits per heavy atom. The lowest BCUT2D eigenvalue weighted by molar-refractivity contribution is -0.157. The predicted octanol–water partition coefficient (Wildman–Crippen LogP) is 2.33. The summed E-state index contributed by atoms with van der Waals surface area (Å²) in [6.07, 6.45) is 0.912. The van der Waals surface area contributed by atoms with Crippen molar-refractivity contribution in [1.29, 1.82) is 0 Å². The molecule has 8 heteroatoms. The van der Waals surface area contributed by atoms with Gasteiger partial charge in [0.25, 0.3) is 5.91 Å². The maximum atomic E-state index is 13.0. The van der Waals surface area contributed by atoms with Crippen LogP contribution in [0.4, 0.5) is 5.69 Å². The molecule has 1 saturated heterocycles. The zero-order valence-electron chi connectivity index (χ0n) is 13.5. The summed E-state index contributed by atoms with van der Waals surface area (Å²) in [5, 5.41) is 0. The van der Waals surface area contributed by atoms with E-state index in [9.17, 15) is 14.4 Å². The highest BCUT2D eigenvalue weighted by atomic mass is 35.5. The number of para-hydroxylation sites is 1. The number of ether oxygens (including phenoxy) is 1. The van der Waals surface area contributed by atoms with E-state index in [0.29, 0.717) is 17.7 Å². The SMILES string of the molecule is CN1C(=O)c2ccccc2N2C(=O)CC[C@]12C(=O)OC[C@H]1CC1(Cl)Cl. The van der Waals surface area contributed by atoms with Crippen LogP contribution in [0.25, 0.3) is 0 Å². The van der Waals surface area contributed by atoms with Crippen molar-refractivity contribution in [2.24, 2.45) is 5.92 Å². The summed E-state index contributed by atoms with van der Waals surface area (Å²) >= 11 is 11.9. The van der Waals surface area contributed by atoms with E-state index >= 15 is 0 Å². The topological polar surface area (TPSA) is 66.9 Å². The third kappa shape index (κ3) is 2.27. The minimum Gasteiger partial charge on any atom is -0.462 e. The van der Waals surface area contributed by atoms with Gasteiger partial charge in [-0.05, 0) is 18.6 Å². The van der Waals surface area contributed by atoms with Gasteiger partial charge in [-0.2, -0.15) is 0 Å². The molecule has 6 nitrogen and oxygen atoms in total. The molecule has 2 heterocycles. The number of hydrogen-bond donors (Lipinski definition) is 0. The highest BCUT2D eigenvalue weighted by molar-refractivity contribution is 6.50. The molecule has 3 aliphatic rings. The van der Waals surface area contributed by atoms with Gasteiger partial charge in [-0.3, -0.25) is 14.5 Å². The monoisotopic (exact) mass is 382 g/mol. The number of amides is 2. The fourth-order valence-corrected chi connectivity index (χ4v) is 4.13. The van der Waals surface area contributed by atoms with Gasteiger partial charge in [-0.15, -0.1) is 23.2 Å². The third-order valence-electron chi connectivity index (χ3n) is 5.24. The van der Waals surface area contributed by atoms with E-state index in [4.69, 9.17) is 27.9 Å². The van der Waals surface area contributed by atoms with Gasteiger partial charge in [0.1, 0.15) is 4.33 Å². The van der Waals surface area contributed by atoms with Gasteiger partial charge in [-0.25, -0.2) is 4.79 Å². The average molecular weight is 383 g/mol. The van der Waals surface area contributed by atoms with Crippen LogP contribution in [0.2, 0.25) is 0 Å². The minimum absolute atomic E-state index is 0.0687. The van der Waals surface area contributed by atoms with Crippen molar-refractivity contribution in [2.45, 2.75) is 29.3 Å². The summed E-state index contributed by atoms with van der Waals surface area (Å²) in [5.74, 6) is -1.27. The van der Waals surface area contributed by atoms with Gasteiger partial charge in [0.15, 0.2) is 0 Å². The fourth-order valence-electron chi connectivity index (χ4n) is 3.63. The second kappa shape index (κ2) is 5.35. The van der Waals surface area contributed by atoms with Crippen LogP contribution in [0.1, 0.15) is 29.6 Å². The Labute approximate surface area is 154 Å². The Bertz CT molecular complexity index is 797. The van der Waals surface area contributed by atoms with Gasteiger partial charge < -0.3 is 9.64 Å². The van der Waals surface area contributed by atoms with Crippen LogP contribution in [0.15, 0.2) is 24.3 Å². The fraction of sp³-hybridized carbons (Fsp3) is 0.471. The zero-order valence-corrected chi connectivity index (χ0v) is 15.0. The third-order valence-corrected chi connectivity index (χ3v) is 6.17. The van der Waals surface area contributed by atoms with E-state index in [1.807, 2.05) is 0 Å². The van der Waals surface area contributed by atoms with Crippen LogP contribution >= 0.6 is 23.2 Å². The number of likely N-dealkylation sites (N-methyl/N-ethyl adjacent to an activating group) is 1. The number of hydrogen-bond acceptors (Lipinski definition) is 4. The van der Waals surface area contributed by atoms with E-state index in [-0.39, 0.29) is 37.2 Å². The molecule has 4 rings (SSSR count). The van der Waals surface area contributed by atoms with Gasteiger partial charge in [0.2, 0.25) is 11.6 Å². The Kier molecular flexibility index (Phi) is 3.57. The zero-order chi connectivity index (χ0) is 18.0. The van der Waals surface area contributed by atoms with E-state index in [1.54, 1.807) is 24.3 Å². The molecule has 0 radical (unpaired) electrons. The number of esters is 1. The number of alkyl halides is 2. The number of nitrogens with zero attached hydrogens (tertiary/aromatic N) is 2. The molecule has 132 valence electrons. The van der Waals surface area contributed by atoms with Crippen molar-refractivity contribution in [3.63, 3.8) is 0 Å². The summed E-state index contributed by atoms with van der Waals surface area (Å²) in [4.78, 5) is 41.0. The van der Waals surface area contributed by atoms with Crippen molar-refractivity contribution in [3.8, 4) is 0 Å². The number of carbonyl (C=O) groups excluding carboxylic acids is 3. The number of rotatable bonds is 3. The van der Waals surface area contributed by atoms with E-state index < -0.39 is 16.0 Å². The van der Waals surface area contributed by atoms with Gasteiger partial charge in [-0.1, -0.05) is 12.1 Å². The molecule has 0 aromatic heterocycles. The second-order valence-corrected chi connectivity index (χ2v) is 8.23. The summed E-state index contributed by atoms with van der Waals surface area (Å²) in [5.41, 5.74) is -0.606. The molecule has 2 atom stereocenters. The standard InChI is InChI=1S/C17H16Cl2N2O4/c1-20-14(23)11-4-2-3-5-12(11)21-13(22)6-7-17(20,21)15(24)25-9-10-8-16(10,18)19/h2-5,10H,6-9H2,1H3/t10-,17+/m1/s1. The summed E-state index contributed by atoms with van der Waals surface area (Å²) in [6, 6.07) is 6.78. The molecular formula is C17H16Cl2N2O4. The van der Waals surface area contributed by atoms with Crippen LogP contribution in [-0.4, -0.2) is 46.3 Å². The largest absolute Gasteiger partial charge is 0.462 e. The molecule has 2 aliphatic heterocycles. The predicted molar refractivity (Wildman–Crippen MR) is 91.5 cm³/mol. The first-order valence-electron chi connectivity index (χ1n) is 8.04. The van der Waals surface area contributed by atoms with Gasteiger partial charge in [0.05, 0.1) is 17.9 Å². The average Bonchev–Trinajstić information content (AvgIpc) is 3.04. The maximum Gasteiger partial charge on any atom is 0.353 e. The van der Waals surface area contributed by atoms with E-state index in [1.165, 1.54) is 16.8 Å². The molecule has 0 unspecified atom stereocenters. The number of carbonyl (C=O) groups is 3. The van der Waals surface area contributed by atoms with Crippen LogP contribution in [0.3, 0.4) is 0 Å². The molecule has 0 N–H and O–H groups in total. The first-order chi connectivity index (χ1) is 11.8. The number of halogens is 2. The highest BCUT2D eigenvalue weighted by Gasteiger charge is 2.61. The van der Waals surface area contributed by atoms with Gasteiger partial charge in [0, 0.05) is 25.8 Å². The molecular weight excluding hydrogens is 367 g/mol. The number of anilines is 1. The van der Waals surface area contributed by atoms with Crippen LogP contribution in [-0.2, 0) is 14.3 Å². The quantitative estimate of drug-likeness (QED) is 0.594. The van der Waals surface area contributed by atoms with Crippen LogP contribution in [0.5, 0.6) is 0 Å². The minimum atomic E-state index is -1.45. The Hall–Kier alpha value is -1.79. The molecule has 2 fully saturated rings. The van der Waals surface area contributed by atoms with Crippen molar-refractivity contribution in [3.05, 3.63) is 29.8 Å². The van der Waals surface area contributed by atoms with Crippen LogP contribution < -0.4 is 4.90 Å². The highest BCUT2D eigenvalue weighted by Crippen LogP contribution is 2.53. The molecule has 1 aromatic rings. The van der Waals surface area contributed by atoms with Gasteiger partial charge >= 0.3 is 5.97 Å². The molecule has 1 aliphatic carbocycles. The van der Waals surface area contributed by atoms with Crippen molar-refractivity contribution in [1.82, 2.24) is 4.90 Å². The summed E-state index contributed by atoms with van der Waals surface area (Å²) < 4.78 is 4.58. The Morgan fingerprint density at radius 2 is 2.00 bits per heavy atom. The lowest BCUT2D eigenvalue weighted by atomic mass is 9.97. The van der Waals surface area contributed by atoms with E-state index in [0.717, 1.165) is 0 Å². The lowest BCUT2D eigenvalue weighted by Crippen LogP contribution is -2.67. The molecule has 2 amide bonds. The normalized spacial score (nSPS) is 29.3. The molecule has 0 bridgehead atoms. The van der Waals surface area contributed by atoms with Crippen molar-refractivity contribution < 1.29 is 19.1 Å². The first-order valence-corrected chi connectivity index (χ1v) is 8.80.